The standard InChI is InChI=1S/C29H58NO9P/c1-3-4-5-6-7-8-9-12-15-18-21-29(32)39-28(25-38-40(33,34)35)24-37-26-36-23-20-17-14-11-10-13-16-19-22-30-27(2)31/h28H,3-26H2,1-2H3,(H,30,31)(H2,33,34,35)/t28-/m0/s1. The number of phosphoric acid groups is 1. The molecular weight excluding hydrogens is 537 g/mol. The van der Waals surface area contributed by atoms with Gasteiger partial charge >= 0.3 is 13.8 Å². The van der Waals surface area contributed by atoms with Crippen molar-refractivity contribution in [2.45, 2.75) is 142 Å². The maximum Gasteiger partial charge on any atom is 0.469 e. The number of carbonyl (C=O) groups is 2. The Kier molecular flexibility index (Phi) is 27.4. The van der Waals surface area contributed by atoms with Gasteiger partial charge in [0.15, 0.2) is 0 Å². The summed E-state index contributed by atoms with van der Waals surface area (Å²) < 4.78 is 31.8. The van der Waals surface area contributed by atoms with Gasteiger partial charge in [-0.2, -0.15) is 0 Å². The van der Waals surface area contributed by atoms with Crippen LogP contribution in [-0.2, 0) is 32.9 Å². The zero-order chi connectivity index (χ0) is 29.7. The van der Waals surface area contributed by atoms with E-state index in [0.29, 0.717) is 6.61 Å². The second-order valence-corrected chi connectivity index (χ2v) is 11.8. The number of carbonyl (C=O) groups excluding carboxylic acids is 2. The van der Waals surface area contributed by atoms with Gasteiger partial charge in [-0.3, -0.25) is 14.1 Å². The lowest BCUT2D eigenvalue weighted by Crippen LogP contribution is -2.28. The van der Waals surface area contributed by atoms with Crippen LogP contribution < -0.4 is 5.32 Å². The molecule has 0 spiro atoms. The summed E-state index contributed by atoms with van der Waals surface area (Å²) in [5, 5.41) is 2.81. The van der Waals surface area contributed by atoms with E-state index >= 15 is 0 Å². The van der Waals surface area contributed by atoms with Crippen LogP contribution in [0.5, 0.6) is 0 Å². The summed E-state index contributed by atoms with van der Waals surface area (Å²) in [4.78, 5) is 41.0. The van der Waals surface area contributed by atoms with E-state index in [1.54, 1.807) is 0 Å². The lowest BCUT2D eigenvalue weighted by Gasteiger charge is -2.18. The molecule has 0 heterocycles. The Bertz CT molecular complexity index is 645. The Morgan fingerprint density at radius 2 is 1.25 bits per heavy atom. The van der Waals surface area contributed by atoms with Crippen LogP contribution in [0.3, 0.4) is 0 Å². The molecule has 0 bridgehead atoms. The second-order valence-electron chi connectivity index (χ2n) is 10.5. The quantitative estimate of drug-likeness (QED) is 0.0364. The number of phosphoric ester groups is 1. The molecule has 0 fully saturated rings. The lowest BCUT2D eigenvalue weighted by atomic mass is 10.1. The van der Waals surface area contributed by atoms with Crippen molar-refractivity contribution in [2.75, 3.05) is 33.2 Å². The summed E-state index contributed by atoms with van der Waals surface area (Å²) in [6.45, 7) is 4.57. The molecule has 0 rings (SSSR count). The van der Waals surface area contributed by atoms with E-state index in [-0.39, 0.29) is 25.7 Å². The first kappa shape index (κ1) is 39.0. The smallest absolute Gasteiger partial charge is 0.457 e. The molecule has 3 N–H and O–H groups in total. The molecule has 238 valence electrons. The minimum absolute atomic E-state index is 0.0106. The number of hydrogen-bond acceptors (Lipinski definition) is 7. The molecule has 11 heteroatoms. The molecular formula is C29H58NO9P. The highest BCUT2D eigenvalue weighted by atomic mass is 31.2. The van der Waals surface area contributed by atoms with Crippen LogP contribution in [0.1, 0.15) is 136 Å². The Morgan fingerprint density at radius 1 is 0.725 bits per heavy atom. The van der Waals surface area contributed by atoms with Crippen molar-refractivity contribution in [3.63, 3.8) is 0 Å². The zero-order valence-electron chi connectivity index (χ0n) is 25.2. The largest absolute Gasteiger partial charge is 0.469 e. The van der Waals surface area contributed by atoms with Crippen LogP contribution in [0.2, 0.25) is 0 Å². The minimum Gasteiger partial charge on any atom is -0.457 e. The highest BCUT2D eigenvalue weighted by molar-refractivity contribution is 7.46. The zero-order valence-corrected chi connectivity index (χ0v) is 26.1. The monoisotopic (exact) mass is 595 g/mol. The van der Waals surface area contributed by atoms with Crippen LogP contribution in [0.15, 0.2) is 0 Å². The highest BCUT2D eigenvalue weighted by Gasteiger charge is 2.21. The molecule has 0 aliphatic rings. The van der Waals surface area contributed by atoms with Gasteiger partial charge in [-0.1, -0.05) is 103 Å². The van der Waals surface area contributed by atoms with Gasteiger partial charge in [0, 0.05) is 26.5 Å². The van der Waals surface area contributed by atoms with E-state index in [2.05, 4.69) is 16.8 Å². The van der Waals surface area contributed by atoms with Crippen molar-refractivity contribution in [1.29, 1.82) is 0 Å². The third-order valence-corrected chi connectivity index (χ3v) is 7.01. The fourth-order valence-corrected chi connectivity index (χ4v) is 4.61. The Labute approximate surface area is 242 Å². The Morgan fingerprint density at radius 3 is 1.80 bits per heavy atom. The second kappa shape index (κ2) is 28.1. The van der Waals surface area contributed by atoms with Crippen LogP contribution in [0.4, 0.5) is 0 Å². The number of nitrogens with one attached hydrogen (secondary N) is 1. The van der Waals surface area contributed by atoms with Crippen molar-refractivity contribution in [1.82, 2.24) is 5.32 Å². The van der Waals surface area contributed by atoms with Crippen molar-refractivity contribution >= 4 is 19.7 Å². The van der Waals surface area contributed by atoms with Gasteiger partial charge in [-0.05, 0) is 19.3 Å². The van der Waals surface area contributed by atoms with Crippen LogP contribution in [-0.4, -0.2) is 60.9 Å². The van der Waals surface area contributed by atoms with Gasteiger partial charge in [0.2, 0.25) is 5.91 Å². The number of esters is 1. The maximum absolute atomic E-state index is 12.2. The van der Waals surface area contributed by atoms with E-state index in [9.17, 15) is 14.2 Å². The van der Waals surface area contributed by atoms with Crippen molar-refractivity contribution < 1.29 is 42.7 Å². The van der Waals surface area contributed by atoms with E-state index < -0.39 is 26.5 Å². The number of ether oxygens (including phenoxy) is 3. The normalized spacial score (nSPS) is 12.4. The highest BCUT2D eigenvalue weighted by Crippen LogP contribution is 2.35. The maximum atomic E-state index is 12.2. The molecule has 10 nitrogen and oxygen atoms in total. The Balaban J connectivity index is 3.84. The molecule has 0 aromatic rings. The fraction of sp³-hybridized carbons (Fsp3) is 0.931. The molecule has 0 aliphatic carbocycles. The first-order valence-corrected chi connectivity index (χ1v) is 17.1. The summed E-state index contributed by atoms with van der Waals surface area (Å²) in [6.07, 6.45) is 19.9. The molecule has 0 aromatic carbocycles. The number of hydrogen-bond donors (Lipinski definition) is 3. The van der Waals surface area contributed by atoms with Gasteiger partial charge in [0.1, 0.15) is 12.9 Å². The number of unbranched alkanes of at least 4 members (excludes halogenated alkanes) is 16. The van der Waals surface area contributed by atoms with E-state index in [1.165, 1.54) is 71.1 Å². The SMILES string of the molecule is CCCCCCCCCCCCC(=O)O[C@@H](COCOCCCCCCCCCCNC(C)=O)COP(=O)(O)O. The van der Waals surface area contributed by atoms with E-state index in [4.69, 9.17) is 24.0 Å². The van der Waals surface area contributed by atoms with Crippen molar-refractivity contribution in [3.05, 3.63) is 0 Å². The molecule has 1 amide bonds. The molecule has 0 aromatic heterocycles. The topological polar surface area (TPSA) is 141 Å². The summed E-state index contributed by atoms with van der Waals surface area (Å²) in [6, 6.07) is 0. The first-order chi connectivity index (χ1) is 19.2. The summed E-state index contributed by atoms with van der Waals surface area (Å²) in [5.41, 5.74) is 0. The fourth-order valence-electron chi connectivity index (χ4n) is 4.25. The molecule has 0 radical (unpaired) electrons. The third-order valence-electron chi connectivity index (χ3n) is 6.52. The predicted octanol–water partition coefficient (Wildman–Crippen LogP) is 6.57. The molecule has 1 atom stereocenters. The number of amides is 1. The van der Waals surface area contributed by atoms with Gasteiger partial charge in [0.05, 0.1) is 13.2 Å². The minimum atomic E-state index is -4.68. The summed E-state index contributed by atoms with van der Waals surface area (Å²) in [5.74, 6) is -0.393. The molecule has 40 heavy (non-hydrogen) atoms. The number of rotatable bonds is 30. The van der Waals surface area contributed by atoms with Crippen LogP contribution >= 0.6 is 7.82 Å². The first-order valence-electron chi connectivity index (χ1n) is 15.5. The molecule has 0 saturated carbocycles. The summed E-state index contributed by atoms with van der Waals surface area (Å²) in [7, 11) is -4.68. The third kappa shape index (κ3) is 31.5. The van der Waals surface area contributed by atoms with Gasteiger partial charge < -0.3 is 29.3 Å². The van der Waals surface area contributed by atoms with Crippen molar-refractivity contribution in [3.8, 4) is 0 Å². The summed E-state index contributed by atoms with van der Waals surface area (Å²) >= 11 is 0. The van der Waals surface area contributed by atoms with Crippen LogP contribution in [0.25, 0.3) is 0 Å². The average Bonchev–Trinajstić information content (AvgIpc) is 2.89. The predicted molar refractivity (Wildman–Crippen MR) is 157 cm³/mol. The van der Waals surface area contributed by atoms with E-state index in [1.807, 2.05) is 0 Å². The van der Waals surface area contributed by atoms with Gasteiger partial charge in [-0.25, -0.2) is 4.57 Å². The van der Waals surface area contributed by atoms with Crippen molar-refractivity contribution in [2.24, 2.45) is 0 Å². The molecule has 0 saturated heterocycles. The van der Waals surface area contributed by atoms with E-state index in [0.717, 1.165) is 57.9 Å². The van der Waals surface area contributed by atoms with Crippen LogP contribution in [0, 0.1) is 0 Å². The van der Waals surface area contributed by atoms with Gasteiger partial charge in [-0.15, -0.1) is 0 Å². The van der Waals surface area contributed by atoms with Gasteiger partial charge in [0.25, 0.3) is 0 Å². The molecule has 0 unspecified atom stereocenters. The Hall–Kier alpha value is -1.03. The lowest BCUT2D eigenvalue weighted by molar-refractivity contribution is -0.158. The average molecular weight is 596 g/mol. The molecule has 0 aliphatic heterocycles.